The number of hydrogen-bond acceptors (Lipinski definition) is 0. The predicted molar refractivity (Wildman–Crippen MR) is 108 cm³/mol. The zero-order valence-electron chi connectivity index (χ0n) is 15.0. The first kappa shape index (κ1) is 19.5. The van der Waals surface area contributed by atoms with Gasteiger partial charge in [-0.05, 0) is 64.5 Å². The maximum absolute atomic E-state index is 3.08. The molecule has 0 bridgehead atoms. The number of benzene rings is 2. The Hall–Kier alpha value is -0.820. The molecule has 0 aromatic heterocycles. The van der Waals surface area contributed by atoms with E-state index in [1.165, 1.54) is 40.7 Å². The molecule has 24 heavy (non-hydrogen) atoms. The summed E-state index contributed by atoms with van der Waals surface area (Å²) in [5, 5.41) is 0. The van der Waals surface area contributed by atoms with Crippen molar-refractivity contribution in [2.45, 2.75) is 58.3 Å². The number of fused-ring (bicyclic) bond motifs is 1. The molecular weight excluding hydrogens is 299 g/mol. The SMILES string of the molecule is CC(=Cc1cc[c]cc1)c1ccc2c(c1)C(C)(C)CCC2(C)C.[NaH]. The van der Waals surface area contributed by atoms with Gasteiger partial charge in [-0.3, -0.25) is 0 Å². The quantitative estimate of drug-likeness (QED) is 0.487. The number of hydrogen-bond donors (Lipinski definition) is 0. The van der Waals surface area contributed by atoms with Crippen LogP contribution >= 0.6 is 0 Å². The van der Waals surface area contributed by atoms with Crippen LogP contribution in [0.1, 0.15) is 69.7 Å². The van der Waals surface area contributed by atoms with E-state index in [1.54, 1.807) is 0 Å². The molecule has 1 aliphatic carbocycles. The third-order valence-corrected chi connectivity index (χ3v) is 5.44. The topological polar surface area (TPSA) is 0 Å². The van der Waals surface area contributed by atoms with Gasteiger partial charge in [0.25, 0.3) is 0 Å². The van der Waals surface area contributed by atoms with Gasteiger partial charge in [0.2, 0.25) is 0 Å². The Morgan fingerprint density at radius 3 is 2.12 bits per heavy atom. The second kappa shape index (κ2) is 7.20. The number of rotatable bonds is 2. The molecule has 2 aromatic rings. The minimum absolute atomic E-state index is 0. The molecule has 0 unspecified atom stereocenters. The van der Waals surface area contributed by atoms with E-state index in [2.05, 4.69) is 77.1 Å². The molecule has 0 spiro atoms. The Morgan fingerprint density at radius 2 is 1.50 bits per heavy atom. The first-order valence-corrected chi connectivity index (χ1v) is 8.59. The predicted octanol–water partition coefficient (Wildman–Crippen LogP) is 5.75. The van der Waals surface area contributed by atoms with Gasteiger partial charge in [0, 0.05) is 0 Å². The minimum atomic E-state index is 0. The van der Waals surface area contributed by atoms with Crippen molar-refractivity contribution >= 4 is 41.2 Å². The summed E-state index contributed by atoms with van der Waals surface area (Å²) < 4.78 is 0. The summed E-state index contributed by atoms with van der Waals surface area (Å²) in [4.78, 5) is 0. The first-order chi connectivity index (χ1) is 10.8. The van der Waals surface area contributed by atoms with Crippen molar-refractivity contribution < 1.29 is 0 Å². The molecule has 1 heteroatoms. The van der Waals surface area contributed by atoms with Gasteiger partial charge in [-0.25, -0.2) is 0 Å². The molecular formula is C23H28Na. The second-order valence-electron chi connectivity index (χ2n) is 8.19. The fraction of sp³-hybridized carbons (Fsp3) is 0.391. The molecule has 0 amide bonds. The van der Waals surface area contributed by atoms with E-state index >= 15 is 0 Å². The van der Waals surface area contributed by atoms with Crippen LogP contribution < -0.4 is 0 Å². The molecule has 0 fully saturated rings. The van der Waals surface area contributed by atoms with E-state index in [9.17, 15) is 0 Å². The van der Waals surface area contributed by atoms with Crippen molar-refractivity contribution in [1.82, 2.24) is 0 Å². The van der Waals surface area contributed by atoms with Crippen molar-refractivity contribution in [1.29, 1.82) is 0 Å². The molecule has 0 nitrogen and oxygen atoms in total. The Balaban J connectivity index is 0.00000208. The Bertz CT molecular complexity index is 736. The first-order valence-electron chi connectivity index (χ1n) is 8.59. The average Bonchev–Trinajstić information content (AvgIpc) is 2.52. The van der Waals surface area contributed by atoms with Crippen LogP contribution in [-0.2, 0) is 10.8 Å². The van der Waals surface area contributed by atoms with Crippen molar-refractivity contribution in [2.24, 2.45) is 0 Å². The Labute approximate surface area is 169 Å². The van der Waals surface area contributed by atoms with Crippen LogP contribution in [0.25, 0.3) is 11.6 Å². The Kier molecular flexibility index (Phi) is 5.85. The molecule has 0 atom stereocenters. The molecule has 121 valence electrons. The summed E-state index contributed by atoms with van der Waals surface area (Å²) in [5.41, 5.74) is 7.50. The van der Waals surface area contributed by atoms with Crippen molar-refractivity contribution in [3.8, 4) is 0 Å². The zero-order chi connectivity index (χ0) is 16.7. The molecule has 1 radical (unpaired) electrons. The molecule has 0 saturated heterocycles. The molecule has 0 aliphatic heterocycles. The maximum atomic E-state index is 3.08. The fourth-order valence-electron chi connectivity index (χ4n) is 3.66. The van der Waals surface area contributed by atoms with Gasteiger partial charge >= 0.3 is 29.6 Å². The van der Waals surface area contributed by atoms with Crippen molar-refractivity contribution in [3.05, 3.63) is 70.8 Å². The van der Waals surface area contributed by atoms with Crippen molar-refractivity contribution in [2.75, 3.05) is 0 Å². The van der Waals surface area contributed by atoms with E-state index in [1.807, 2.05) is 12.1 Å². The van der Waals surface area contributed by atoms with Crippen LogP contribution in [-0.4, -0.2) is 29.6 Å². The van der Waals surface area contributed by atoms with E-state index in [-0.39, 0.29) is 40.4 Å². The monoisotopic (exact) mass is 327 g/mol. The van der Waals surface area contributed by atoms with Gasteiger partial charge in [-0.15, -0.1) is 0 Å². The molecule has 1 aliphatic rings. The Morgan fingerprint density at radius 1 is 0.917 bits per heavy atom. The fourth-order valence-corrected chi connectivity index (χ4v) is 3.66. The summed E-state index contributed by atoms with van der Waals surface area (Å²) in [7, 11) is 0. The van der Waals surface area contributed by atoms with E-state index < -0.39 is 0 Å². The van der Waals surface area contributed by atoms with Gasteiger partial charge in [0.1, 0.15) is 0 Å². The molecule has 0 heterocycles. The molecule has 3 rings (SSSR count). The van der Waals surface area contributed by atoms with Crippen LogP contribution in [0.15, 0.2) is 42.5 Å². The number of allylic oxidation sites excluding steroid dienone is 1. The third-order valence-electron chi connectivity index (χ3n) is 5.44. The van der Waals surface area contributed by atoms with Gasteiger partial charge < -0.3 is 0 Å². The van der Waals surface area contributed by atoms with Crippen LogP contribution in [0.2, 0.25) is 0 Å². The summed E-state index contributed by atoms with van der Waals surface area (Å²) in [6.45, 7) is 11.7. The van der Waals surface area contributed by atoms with E-state index in [4.69, 9.17) is 0 Å². The van der Waals surface area contributed by atoms with Gasteiger partial charge in [0.15, 0.2) is 0 Å². The van der Waals surface area contributed by atoms with Gasteiger partial charge in [0.05, 0.1) is 0 Å². The molecule has 2 aromatic carbocycles. The molecule has 0 saturated carbocycles. The zero-order valence-corrected chi connectivity index (χ0v) is 15.0. The van der Waals surface area contributed by atoms with Crippen LogP contribution in [0.4, 0.5) is 0 Å². The van der Waals surface area contributed by atoms with Crippen LogP contribution in [0.5, 0.6) is 0 Å². The van der Waals surface area contributed by atoms with Gasteiger partial charge in [-0.2, -0.15) is 0 Å². The summed E-state index contributed by atoms with van der Waals surface area (Å²) >= 11 is 0. The average molecular weight is 327 g/mol. The second-order valence-corrected chi connectivity index (χ2v) is 8.19. The van der Waals surface area contributed by atoms with Gasteiger partial charge in [-0.1, -0.05) is 76.2 Å². The summed E-state index contributed by atoms with van der Waals surface area (Å²) in [6.07, 6.45) is 4.78. The van der Waals surface area contributed by atoms with Crippen LogP contribution in [0, 0.1) is 6.07 Å². The standard InChI is InChI=1S/C23H27.Na.H/c1-17(15-18-9-7-6-8-10-18)19-11-12-20-21(16-19)23(4,5)14-13-22(20,2)3;;/h7-12,15-16H,13-14H2,1-5H3;;. The van der Waals surface area contributed by atoms with E-state index in [0.717, 1.165) is 0 Å². The molecule has 0 N–H and O–H groups in total. The van der Waals surface area contributed by atoms with Crippen LogP contribution in [0.3, 0.4) is 0 Å². The normalized spacial score (nSPS) is 18.5. The van der Waals surface area contributed by atoms with Crippen molar-refractivity contribution in [3.63, 3.8) is 0 Å². The van der Waals surface area contributed by atoms with E-state index in [0.29, 0.717) is 0 Å². The summed E-state index contributed by atoms with van der Waals surface area (Å²) in [6, 6.07) is 18.3. The summed E-state index contributed by atoms with van der Waals surface area (Å²) in [5.74, 6) is 0. The third kappa shape index (κ3) is 3.87.